The van der Waals surface area contributed by atoms with Crippen molar-refractivity contribution in [2.45, 2.75) is 37.6 Å². The summed E-state index contributed by atoms with van der Waals surface area (Å²) in [5.74, 6) is -3.03. The van der Waals surface area contributed by atoms with Crippen LogP contribution in [0.5, 0.6) is 0 Å². The molecule has 0 bridgehead atoms. The monoisotopic (exact) mass is 580 g/mol. The van der Waals surface area contributed by atoms with E-state index in [4.69, 9.17) is 23.7 Å². The van der Waals surface area contributed by atoms with Gasteiger partial charge in [0.15, 0.2) is 12.2 Å². The van der Waals surface area contributed by atoms with Crippen molar-refractivity contribution in [2.24, 2.45) is 0 Å². The third-order valence-electron chi connectivity index (χ3n) is 6.72. The summed E-state index contributed by atoms with van der Waals surface area (Å²) in [6.45, 7) is 1.57. The Morgan fingerprint density at radius 1 is 0.442 bits per heavy atom. The first-order valence-corrected chi connectivity index (χ1v) is 13.6. The average Bonchev–Trinajstić information content (AvgIpc) is 3.05. The maximum absolute atomic E-state index is 13.3. The number of hydrogen-bond donors (Lipinski definition) is 0. The number of carbonyl (C=O) groups excluding carboxylic acids is 4. The van der Waals surface area contributed by atoms with E-state index in [0.29, 0.717) is 0 Å². The summed E-state index contributed by atoms with van der Waals surface area (Å²) in [6, 6.07) is 32.7. The molecule has 0 N–H and O–H groups in total. The molecule has 4 aromatic rings. The fourth-order valence-electron chi connectivity index (χ4n) is 4.54. The van der Waals surface area contributed by atoms with E-state index in [2.05, 4.69) is 0 Å². The molecule has 9 heteroatoms. The zero-order valence-electron chi connectivity index (χ0n) is 23.1. The molecule has 1 saturated heterocycles. The first-order valence-electron chi connectivity index (χ1n) is 13.6. The van der Waals surface area contributed by atoms with Gasteiger partial charge in [-0.05, 0) is 55.5 Å². The van der Waals surface area contributed by atoms with Gasteiger partial charge in [-0.25, -0.2) is 19.2 Å². The van der Waals surface area contributed by atoms with Crippen molar-refractivity contribution in [3.63, 3.8) is 0 Å². The topological polar surface area (TPSA) is 114 Å². The van der Waals surface area contributed by atoms with E-state index >= 15 is 0 Å². The van der Waals surface area contributed by atoms with Gasteiger partial charge in [0, 0.05) is 0 Å². The Labute approximate surface area is 247 Å². The Hall–Kier alpha value is -5.28. The lowest BCUT2D eigenvalue weighted by atomic mass is 9.98. The highest BCUT2D eigenvalue weighted by Gasteiger charge is 2.53. The van der Waals surface area contributed by atoms with Gasteiger partial charge in [-0.15, -0.1) is 0 Å². The van der Waals surface area contributed by atoms with Crippen LogP contribution in [0.3, 0.4) is 0 Å². The first-order chi connectivity index (χ1) is 20.9. The first kappa shape index (κ1) is 29.2. The van der Waals surface area contributed by atoms with Gasteiger partial charge in [0.2, 0.25) is 12.4 Å². The van der Waals surface area contributed by atoms with Crippen LogP contribution < -0.4 is 0 Å². The highest BCUT2D eigenvalue weighted by molar-refractivity contribution is 5.92. The van der Waals surface area contributed by atoms with E-state index < -0.39 is 54.6 Å². The minimum atomic E-state index is -1.52. The van der Waals surface area contributed by atoms with Gasteiger partial charge in [0.1, 0.15) is 0 Å². The smallest absolute Gasteiger partial charge is 0.340 e. The van der Waals surface area contributed by atoms with Crippen LogP contribution in [-0.4, -0.2) is 54.6 Å². The van der Waals surface area contributed by atoms with Crippen molar-refractivity contribution in [3.8, 4) is 0 Å². The van der Waals surface area contributed by atoms with Crippen LogP contribution in [0.15, 0.2) is 121 Å². The van der Waals surface area contributed by atoms with Gasteiger partial charge in [0.25, 0.3) is 0 Å². The maximum Gasteiger partial charge on any atom is 0.340 e. The van der Waals surface area contributed by atoms with Crippen LogP contribution in [0.25, 0.3) is 0 Å². The lowest BCUT2D eigenvalue weighted by molar-refractivity contribution is -0.274. The van der Waals surface area contributed by atoms with E-state index in [0.717, 1.165) is 0 Å². The zero-order valence-corrected chi connectivity index (χ0v) is 23.1. The quantitative estimate of drug-likeness (QED) is 0.203. The number of ether oxygens (including phenoxy) is 5. The zero-order chi connectivity index (χ0) is 30.2. The molecule has 0 spiro atoms. The Morgan fingerprint density at radius 3 is 1.12 bits per heavy atom. The predicted octanol–water partition coefficient (Wildman–Crippen LogP) is 5.27. The van der Waals surface area contributed by atoms with E-state index in [1.165, 1.54) is 12.1 Å². The highest BCUT2D eigenvalue weighted by Crippen LogP contribution is 2.31. The van der Waals surface area contributed by atoms with Gasteiger partial charge in [-0.1, -0.05) is 72.8 Å². The average molecular weight is 581 g/mol. The summed E-state index contributed by atoms with van der Waals surface area (Å²) < 4.78 is 29.2. The van der Waals surface area contributed by atoms with Gasteiger partial charge < -0.3 is 23.7 Å². The number of esters is 4. The maximum atomic E-state index is 13.3. The second-order valence-corrected chi connectivity index (χ2v) is 9.69. The second kappa shape index (κ2) is 13.6. The largest absolute Gasteiger partial charge is 0.452 e. The van der Waals surface area contributed by atoms with Crippen molar-refractivity contribution >= 4 is 23.9 Å². The Balaban J connectivity index is 1.51. The van der Waals surface area contributed by atoms with Crippen LogP contribution in [-0.2, 0) is 23.7 Å². The van der Waals surface area contributed by atoms with E-state index in [9.17, 15) is 19.2 Å². The van der Waals surface area contributed by atoms with Crippen molar-refractivity contribution < 1.29 is 42.9 Å². The normalized spacial score (nSPS) is 21.2. The summed E-state index contributed by atoms with van der Waals surface area (Å²) in [4.78, 5) is 52.8. The molecule has 4 aromatic carbocycles. The molecule has 1 heterocycles. The van der Waals surface area contributed by atoms with Gasteiger partial charge >= 0.3 is 23.9 Å². The van der Waals surface area contributed by atoms with Crippen molar-refractivity contribution in [1.29, 1.82) is 0 Å². The predicted molar refractivity (Wildman–Crippen MR) is 153 cm³/mol. The molecular weight excluding hydrogens is 552 g/mol. The van der Waals surface area contributed by atoms with Crippen LogP contribution in [0.1, 0.15) is 48.4 Å². The number of carbonyl (C=O) groups is 4. The van der Waals surface area contributed by atoms with Crippen LogP contribution in [0, 0.1) is 0 Å². The molecular formula is C34H28O9. The molecule has 1 aliphatic rings. The highest BCUT2D eigenvalue weighted by atomic mass is 16.7. The number of hydrogen-bond acceptors (Lipinski definition) is 9. The Bertz CT molecular complexity index is 1540. The Kier molecular flexibility index (Phi) is 9.23. The van der Waals surface area contributed by atoms with Gasteiger partial charge in [-0.2, -0.15) is 0 Å². The molecule has 9 nitrogen and oxygen atoms in total. The molecule has 5 atom stereocenters. The molecule has 0 saturated carbocycles. The lowest BCUT2D eigenvalue weighted by Crippen LogP contribution is -2.61. The molecule has 0 radical (unpaired) electrons. The van der Waals surface area contributed by atoms with Crippen LogP contribution >= 0.6 is 0 Å². The Morgan fingerprint density at radius 2 is 0.744 bits per heavy atom. The van der Waals surface area contributed by atoms with E-state index in [1.54, 1.807) is 116 Å². The molecule has 218 valence electrons. The van der Waals surface area contributed by atoms with Crippen molar-refractivity contribution in [1.82, 2.24) is 0 Å². The lowest BCUT2D eigenvalue weighted by Gasteiger charge is -2.43. The third-order valence-corrected chi connectivity index (χ3v) is 6.72. The van der Waals surface area contributed by atoms with Crippen molar-refractivity contribution in [3.05, 3.63) is 144 Å². The molecule has 0 aromatic heterocycles. The SMILES string of the molecule is CC1O[C@@H](OC(=O)c2ccccc2)C(OC(=O)c2ccccc2)C(OC(=O)c2ccccc2)[C@H]1OC(=O)c1ccccc1. The summed E-state index contributed by atoms with van der Waals surface area (Å²) in [5.41, 5.74) is 0.876. The van der Waals surface area contributed by atoms with Crippen LogP contribution in [0.2, 0.25) is 0 Å². The molecule has 1 aliphatic heterocycles. The molecule has 0 aliphatic carbocycles. The molecule has 0 amide bonds. The van der Waals surface area contributed by atoms with Crippen molar-refractivity contribution in [2.75, 3.05) is 0 Å². The third kappa shape index (κ3) is 7.14. The van der Waals surface area contributed by atoms with Crippen LogP contribution in [0.4, 0.5) is 0 Å². The molecule has 5 rings (SSSR count). The number of rotatable bonds is 8. The summed E-state index contributed by atoms with van der Waals surface area (Å²) in [7, 11) is 0. The minimum absolute atomic E-state index is 0.195. The number of benzene rings is 4. The standard InChI is InChI=1S/C34H28O9/c1-22-27(40-30(35)23-14-6-2-7-15-23)28(41-31(36)24-16-8-3-9-17-24)29(42-32(37)25-18-10-4-11-19-25)34(39-22)43-33(38)26-20-12-5-13-21-26/h2-22,27-29,34H,1H3/t22?,27-,28?,29?,34-/m0/s1. The summed E-state index contributed by atoms with van der Waals surface area (Å²) in [6.07, 6.45) is -6.67. The van der Waals surface area contributed by atoms with E-state index in [-0.39, 0.29) is 22.3 Å². The fourth-order valence-corrected chi connectivity index (χ4v) is 4.54. The fraction of sp³-hybridized carbons (Fsp3) is 0.176. The second-order valence-electron chi connectivity index (χ2n) is 9.69. The van der Waals surface area contributed by atoms with Gasteiger partial charge in [-0.3, -0.25) is 0 Å². The van der Waals surface area contributed by atoms with Gasteiger partial charge in [0.05, 0.1) is 28.4 Å². The molecule has 43 heavy (non-hydrogen) atoms. The minimum Gasteiger partial charge on any atom is -0.452 e. The summed E-state index contributed by atoms with van der Waals surface area (Å²) >= 11 is 0. The molecule has 3 unspecified atom stereocenters. The van der Waals surface area contributed by atoms with E-state index in [1.807, 2.05) is 0 Å². The molecule has 1 fully saturated rings. The summed E-state index contributed by atoms with van der Waals surface area (Å²) in [5, 5.41) is 0.